The number of piperidine rings is 1. The highest BCUT2D eigenvalue weighted by Gasteiger charge is 2.27. The Morgan fingerprint density at radius 2 is 1.91 bits per heavy atom. The van der Waals surface area contributed by atoms with Crippen LogP contribution in [0.4, 0.5) is 15.7 Å². The molecule has 0 bridgehead atoms. The highest BCUT2D eigenvalue weighted by molar-refractivity contribution is 7.18. The van der Waals surface area contributed by atoms with Gasteiger partial charge in [0.2, 0.25) is 0 Å². The summed E-state index contributed by atoms with van der Waals surface area (Å²) in [4.78, 5) is 29.1. The summed E-state index contributed by atoms with van der Waals surface area (Å²) in [6.45, 7) is 9.08. The fraction of sp³-hybridized carbons (Fsp3) is 0.440. The molecule has 1 aromatic carbocycles. The fourth-order valence-corrected chi connectivity index (χ4v) is 4.70. The van der Waals surface area contributed by atoms with Crippen LogP contribution in [0.15, 0.2) is 42.6 Å². The number of carbonyl (C=O) groups excluding carboxylic acids is 1. The molecule has 0 aliphatic carbocycles. The monoisotopic (exact) mass is 465 g/mol. The van der Waals surface area contributed by atoms with Crippen LogP contribution in [0.25, 0.3) is 10.4 Å². The van der Waals surface area contributed by atoms with Crippen molar-refractivity contribution in [3.8, 4) is 10.4 Å². The minimum atomic E-state index is -0.466. The number of benzene rings is 1. The fourth-order valence-electron chi connectivity index (χ4n) is 3.87. The lowest BCUT2D eigenvalue weighted by atomic mass is 9.93. The van der Waals surface area contributed by atoms with Crippen LogP contribution in [-0.2, 0) is 11.2 Å². The average Bonchev–Trinajstić information content (AvgIpc) is 3.22. The summed E-state index contributed by atoms with van der Waals surface area (Å²) in [6.07, 6.45) is 4.30. The Hall–Kier alpha value is -3.00. The summed E-state index contributed by atoms with van der Waals surface area (Å²) >= 11 is 1.60. The summed E-state index contributed by atoms with van der Waals surface area (Å²) in [5.74, 6) is 2.04. The summed E-state index contributed by atoms with van der Waals surface area (Å²) in [5.41, 5.74) is 1.61. The molecule has 0 radical (unpaired) electrons. The second-order valence-corrected chi connectivity index (χ2v) is 10.5. The Morgan fingerprint density at radius 1 is 1.18 bits per heavy atom. The van der Waals surface area contributed by atoms with Gasteiger partial charge in [0.15, 0.2) is 5.13 Å². The third-order valence-electron chi connectivity index (χ3n) is 5.44. The van der Waals surface area contributed by atoms with Crippen LogP contribution >= 0.6 is 11.3 Å². The van der Waals surface area contributed by atoms with Crippen molar-refractivity contribution < 1.29 is 9.53 Å². The van der Waals surface area contributed by atoms with Crippen molar-refractivity contribution in [3.63, 3.8) is 0 Å². The molecule has 2 aromatic heterocycles. The highest BCUT2D eigenvalue weighted by Crippen LogP contribution is 2.30. The number of hydrogen-bond donors (Lipinski definition) is 1. The number of aryl methyl sites for hydroxylation is 1. The van der Waals surface area contributed by atoms with Crippen molar-refractivity contribution in [2.45, 2.75) is 52.6 Å². The van der Waals surface area contributed by atoms with E-state index in [1.54, 1.807) is 16.2 Å². The van der Waals surface area contributed by atoms with Crippen molar-refractivity contribution in [2.75, 3.05) is 18.4 Å². The molecule has 0 unspecified atom stereocenters. The van der Waals surface area contributed by atoms with Gasteiger partial charge < -0.3 is 15.0 Å². The molecule has 7 nitrogen and oxygen atoms in total. The first-order chi connectivity index (χ1) is 15.7. The van der Waals surface area contributed by atoms with Crippen molar-refractivity contribution in [1.82, 2.24) is 19.9 Å². The standard InChI is InChI=1S/C25H31N5O2S/c1-17-14-21(29-23-26-16-20(33-23)19-8-6-5-7-9-19)28-22(27-17)15-18-10-12-30(13-11-18)24(31)32-25(2,3)4/h5-9,14,16,18H,10-13,15H2,1-4H3,(H,26,27,28,29). The number of ether oxygens (including phenoxy) is 1. The number of nitrogens with zero attached hydrogens (tertiary/aromatic N) is 4. The second-order valence-electron chi connectivity index (χ2n) is 9.45. The zero-order valence-corrected chi connectivity index (χ0v) is 20.5. The minimum absolute atomic E-state index is 0.224. The third kappa shape index (κ3) is 6.51. The van der Waals surface area contributed by atoms with Gasteiger partial charge in [-0.05, 0) is 52.0 Å². The lowest BCUT2D eigenvalue weighted by molar-refractivity contribution is 0.0184. The van der Waals surface area contributed by atoms with Crippen LogP contribution in [0.1, 0.15) is 45.1 Å². The summed E-state index contributed by atoms with van der Waals surface area (Å²) in [6, 6.07) is 12.2. The minimum Gasteiger partial charge on any atom is -0.444 e. The van der Waals surface area contributed by atoms with E-state index in [4.69, 9.17) is 9.72 Å². The number of carbonyl (C=O) groups is 1. The van der Waals surface area contributed by atoms with Gasteiger partial charge in [0.1, 0.15) is 17.2 Å². The zero-order valence-electron chi connectivity index (χ0n) is 19.7. The predicted molar refractivity (Wildman–Crippen MR) is 132 cm³/mol. The Kier molecular flexibility index (Phi) is 6.93. The number of rotatable bonds is 5. The smallest absolute Gasteiger partial charge is 0.410 e. The largest absolute Gasteiger partial charge is 0.444 e. The summed E-state index contributed by atoms with van der Waals surface area (Å²) in [7, 11) is 0. The summed E-state index contributed by atoms with van der Waals surface area (Å²) in [5, 5.41) is 4.15. The molecule has 3 heterocycles. The number of hydrogen-bond acceptors (Lipinski definition) is 7. The molecule has 0 atom stereocenters. The van der Waals surface area contributed by atoms with Gasteiger partial charge in [-0.3, -0.25) is 0 Å². The number of anilines is 2. The van der Waals surface area contributed by atoms with Gasteiger partial charge in [-0.15, -0.1) is 0 Å². The number of likely N-dealkylation sites (tertiary alicyclic amines) is 1. The van der Waals surface area contributed by atoms with Crippen molar-refractivity contribution in [3.05, 3.63) is 54.1 Å². The molecule has 1 fully saturated rings. The van der Waals surface area contributed by atoms with Gasteiger partial charge in [0, 0.05) is 37.5 Å². The maximum absolute atomic E-state index is 12.3. The average molecular weight is 466 g/mol. The molecule has 1 saturated heterocycles. The molecular weight excluding hydrogens is 434 g/mol. The maximum atomic E-state index is 12.3. The molecule has 3 aromatic rings. The molecule has 1 N–H and O–H groups in total. The van der Waals surface area contributed by atoms with Gasteiger partial charge in [0.05, 0.1) is 4.88 Å². The highest BCUT2D eigenvalue weighted by atomic mass is 32.1. The van der Waals surface area contributed by atoms with Crippen LogP contribution in [0.3, 0.4) is 0 Å². The van der Waals surface area contributed by atoms with Crippen LogP contribution in [0.2, 0.25) is 0 Å². The van der Waals surface area contributed by atoms with E-state index in [1.807, 2.05) is 58.2 Å². The van der Waals surface area contributed by atoms with Crippen LogP contribution < -0.4 is 5.32 Å². The molecule has 4 rings (SSSR count). The number of aromatic nitrogens is 3. The van der Waals surface area contributed by atoms with E-state index in [1.165, 1.54) is 0 Å². The quantitative estimate of drug-likeness (QED) is 0.510. The third-order valence-corrected chi connectivity index (χ3v) is 6.40. The number of thiazole rings is 1. The molecule has 0 saturated carbocycles. The zero-order chi connectivity index (χ0) is 23.4. The SMILES string of the molecule is Cc1cc(Nc2ncc(-c3ccccc3)s2)nc(CC2CCN(C(=O)OC(C)(C)C)CC2)n1. The normalized spacial score (nSPS) is 14.8. The van der Waals surface area contributed by atoms with E-state index in [0.29, 0.717) is 19.0 Å². The van der Waals surface area contributed by atoms with Crippen LogP contribution in [-0.4, -0.2) is 44.6 Å². The topological polar surface area (TPSA) is 80.2 Å². The summed E-state index contributed by atoms with van der Waals surface area (Å²) < 4.78 is 5.50. The van der Waals surface area contributed by atoms with E-state index in [9.17, 15) is 4.79 Å². The first-order valence-electron chi connectivity index (χ1n) is 11.4. The second kappa shape index (κ2) is 9.87. The van der Waals surface area contributed by atoms with Crippen molar-refractivity contribution in [1.29, 1.82) is 0 Å². The molecule has 1 aliphatic rings. The Morgan fingerprint density at radius 3 is 2.61 bits per heavy atom. The van der Waals surface area contributed by atoms with E-state index < -0.39 is 5.60 Å². The molecule has 8 heteroatoms. The van der Waals surface area contributed by atoms with Gasteiger partial charge in [-0.1, -0.05) is 41.7 Å². The maximum Gasteiger partial charge on any atom is 0.410 e. The Bertz CT molecular complexity index is 1090. The van der Waals surface area contributed by atoms with E-state index in [-0.39, 0.29) is 6.09 Å². The first kappa shape index (κ1) is 23.2. The van der Waals surface area contributed by atoms with Crippen LogP contribution in [0, 0.1) is 12.8 Å². The first-order valence-corrected chi connectivity index (χ1v) is 12.2. The molecule has 0 spiro atoms. The Labute approximate surface area is 199 Å². The van der Waals surface area contributed by atoms with Crippen molar-refractivity contribution >= 4 is 28.4 Å². The van der Waals surface area contributed by atoms with E-state index in [0.717, 1.165) is 52.2 Å². The van der Waals surface area contributed by atoms with Crippen LogP contribution in [0.5, 0.6) is 0 Å². The number of nitrogens with one attached hydrogen (secondary N) is 1. The predicted octanol–water partition coefficient (Wildman–Crippen LogP) is 5.84. The lowest BCUT2D eigenvalue weighted by Crippen LogP contribution is -2.42. The van der Waals surface area contributed by atoms with Gasteiger partial charge in [0.25, 0.3) is 0 Å². The molecule has 1 aliphatic heterocycles. The molecule has 33 heavy (non-hydrogen) atoms. The van der Waals surface area contributed by atoms with E-state index >= 15 is 0 Å². The molecule has 174 valence electrons. The van der Waals surface area contributed by atoms with Gasteiger partial charge >= 0.3 is 6.09 Å². The van der Waals surface area contributed by atoms with Gasteiger partial charge in [-0.2, -0.15) is 0 Å². The molecule has 1 amide bonds. The van der Waals surface area contributed by atoms with E-state index in [2.05, 4.69) is 27.4 Å². The van der Waals surface area contributed by atoms with Crippen molar-refractivity contribution in [2.24, 2.45) is 5.92 Å². The molecular formula is C25H31N5O2S. The number of amides is 1. The lowest BCUT2D eigenvalue weighted by Gasteiger charge is -2.33. The Balaban J connectivity index is 1.36. The van der Waals surface area contributed by atoms with Gasteiger partial charge in [-0.25, -0.2) is 19.7 Å².